The van der Waals surface area contributed by atoms with Gasteiger partial charge in [-0.25, -0.2) is 0 Å². The second-order valence-electron chi connectivity index (χ2n) is 4.42. The largest absolute Gasteiger partial charge is 0.343 e. The van der Waals surface area contributed by atoms with Crippen molar-refractivity contribution in [3.63, 3.8) is 0 Å². The lowest BCUT2D eigenvalue weighted by Crippen LogP contribution is -2.28. The minimum absolute atomic E-state index is 0.569. The lowest BCUT2D eigenvalue weighted by Gasteiger charge is -2.14. The molecule has 1 aromatic heterocycles. The predicted molar refractivity (Wildman–Crippen MR) is 59.5 cm³/mol. The molecule has 4 heteroatoms. The quantitative estimate of drug-likeness (QED) is 0.749. The molecule has 0 aliphatic carbocycles. The van der Waals surface area contributed by atoms with Gasteiger partial charge in [0.05, 0.1) is 0 Å². The number of nitrogens with one attached hydrogen (secondary N) is 1. The first-order chi connectivity index (χ1) is 7.18. The summed E-state index contributed by atoms with van der Waals surface area (Å²) in [5, 5.41) is 7.22. The second kappa shape index (κ2) is 6.56. The van der Waals surface area contributed by atoms with Crippen LogP contribution in [-0.4, -0.2) is 22.7 Å². The van der Waals surface area contributed by atoms with Crippen LogP contribution in [0.1, 0.15) is 39.4 Å². The van der Waals surface area contributed by atoms with Crippen molar-refractivity contribution in [3.05, 3.63) is 12.2 Å². The van der Waals surface area contributed by atoms with Gasteiger partial charge in [0.15, 0.2) is 5.82 Å². The Labute approximate surface area is 91.5 Å². The summed E-state index contributed by atoms with van der Waals surface area (Å²) in [6, 6.07) is 0.569. The van der Waals surface area contributed by atoms with Crippen LogP contribution >= 0.6 is 0 Å². The Morgan fingerprint density at radius 3 is 2.73 bits per heavy atom. The van der Waals surface area contributed by atoms with Crippen molar-refractivity contribution in [2.75, 3.05) is 6.54 Å². The molecule has 0 radical (unpaired) electrons. The highest BCUT2D eigenvalue weighted by atomic mass is 16.5. The van der Waals surface area contributed by atoms with E-state index in [-0.39, 0.29) is 0 Å². The van der Waals surface area contributed by atoms with Crippen LogP contribution in [0.4, 0.5) is 0 Å². The molecule has 0 spiro atoms. The van der Waals surface area contributed by atoms with Crippen molar-refractivity contribution in [1.29, 1.82) is 0 Å². The van der Waals surface area contributed by atoms with Crippen molar-refractivity contribution >= 4 is 0 Å². The molecular formula is C11H21N3O. The van der Waals surface area contributed by atoms with Gasteiger partial charge in [-0.2, -0.15) is 4.98 Å². The molecule has 1 rings (SSSR count). The molecule has 0 aliphatic rings. The van der Waals surface area contributed by atoms with E-state index in [0.29, 0.717) is 6.04 Å². The molecule has 0 fully saturated rings. The lowest BCUT2D eigenvalue weighted by molar-refractivity contribution is 0.406. The minimum atomic E-state index is 0.569. The van der Waals surface area contributed by atoms with E-state index < -0.39 is 0 Å². The summed E-state index contributed by atoms with van der Waals surface area (Å²) in [5.41, 5.74) is 0. The molecule has 86 valence electrons. The molecule has 0 amide bonds. The van der Waals surface area contributed by atoms with Crippen LogP contribution in [0.5, 0.6) is 0 Å². The van der Waals surface area contributed by atoms with E-state index in [2.05, 4.69) is 40.8 Å². The average molecular weight is 211 g/mol. The Kier molecular flexibility index (Phi) is 5.32. The minimum Gasteiger partial charge on any atom is -0.343 e. The SMILES string of the molecule is CC(C)CCC(C)NCCc1ncon1. The normalized spacial score (nSPS) is 13.3. The number of hydrogen-bond acceptors (Lipinski definition) is 4. The number of nitrogens with zero attached hydrogens (tertiary/aromatic N) is 2. The highest BCUT2D eigenvalue weighted by molar-refractivity contribution is 4.79. The smallest absolute Gasteiger partial charge is 0.213 e. The fourth-order valence-corrected chi connectivity index (χ4v) is 1.42. The second-order valence-corrected chi connectivity index (χ2v) is 4.42. The Morgan fingerprint density at radius 1 is 1.33 bits per heavy atom. The van der Waals surface area contributed by atoms with Crippen LogP contribution in [0.25, 0.3) is 0 Å². The molecule has 0 bridgehead atoms. The molecule has 0 saturated carbocycles. The van der Waals surface area contributed by atoms with E-state index in [1.807, 2.05) is 0 Å². The Morgan fingerprint density at radius 2 is 2.13 bits per heavy atom. The summed E-state index contributed by atoms with van der Waals surface area (Å²) in [6.45, 7) is 7.65. The molecule has 1 heterocycles. The van der Waals surface area contributed by atoms with Gasteiger partial charge in [0.1, 0.15) is 0 Å². The van der Waals surface area contributed by atoms with E-state index in [1.165, 1.54) is 19.2 Å². The van der Waals surface area contributed by atoms with E-state index >= 15 is 0 Å². The Bertz CT molecular complexity index is 246. The monoisotopic (exact) mass is 211 g/mol. The van der Waals surface area contributed by atoms with Crippen LogP contribution in [0.2, 0.25) is 0 Å². The maximum absolute atomic E-state index is 4.66. The summed E-state index contributed by atoms with van der Waals surface area (Å²) in [4.78, 5) is 3.97. The first kappa shape index (κ1) is 12.2. The lowest BCUT2D eigenvalue weighted by atomic mass is 10.0. The fraction of sp³-hybridized carbons (Fsp3) is 0.818. The predicted octanol–water partition coefficient (Wildman–Crippen LogP) is 2.03. The van der Waals surface area contributed by atoms with Crippen molar-refractivity contribution in [2.24, 2.45) is 5.92 Å². The van der Waals surface area contributed by atoms with Gasteiger partial charge in [0.25, 0.3) is 0 Å². The summed E-state index contributed by atoms with van der Waals surface area (Å²) in [7, 11) is 0. The van der Waals surface area contributed by atoms with Crippen LogP contribution in [-0.2, 0) is 6.42 Å². The van der Waals surface area contributed by atoms with Gasteiger partial charge in [-0.05, 0) is 25.7 Å². The first-order valence-corrected chi connectivity index (χ1v) is 5.67. The van der Waals surface area contributed by atoms with E-state index in [1.54, 1.807) is 0 Å². The van der Waals surface area contributed by atoms with Gasteiger partial charge in [-0.15, -0.1) is 0 Å². The number of rotatable bonds is 7. The molecule has 1 atom stereocenters. The average Bonchev–Trinajstić information content (AvgIpc) is 2.67. The molecule has 1 N–H and O–H groups in total. The fourth-order valence-electron chi connectivity index (χ4n) is 1.42. The zero-order valence-electron chi connectivity index (χ0n) is 9.86. The van der Waals surface area contributed by atoms with E-state index in [0.717, 1.165) is 24.7 Å². The number of aromatic nitrogens is 2. The van der Waals surface area contributed by atoms with Crippen molar-refractivity contribution in [1.82, 2.24) is 15.5 Å². The Balaban J connectivity index is 2.04. The summed E-state index contributed by atoms with van der Waals surface area (Å²) in [5.74, 6) is 1.56. The molecule has 15 heavy (non-hydrogen) atoms. The molecule has 1 aromatic rings. The van der Waals surface area contributed by atoms with Crippen molar-refractivity contribution < 1.29 is 4.52 Å². The summed E-state index contributed by atoms with van der Waals surface area (Å²) >= 11 is 0. The zero-order chi connectivity index (χ0) is 11.1. The van der Waals surface area contributed by atoms with Crippen LogP contribution in [0.3, 0.4) is 0 Å². The Hall–Kier alpha value is -0.900. The highest BCUT2D eigenvalue weighted by Gasteiger charge is 2.04. The van der Waals surface area contributed by atoms with Gasteiger partial charge < -0.3 is 9.84 Å². The van der Waals surface area contributed by atoms with Gasteiger partial charge in [0.2, 0.25) is 6.39 Å². The third-order valence-corrected chi connectivity index (χ3v) is 2.43. The molecule has 4 nitrogen and oxygen atoms in total. The summed E-state index contributed by atoms with van der Waals surface area (Å²) in [6.07, 6.45) is 4.71. The third kappa shape index (κ3) is 5.52. The van der Waals surface area contributed by atoms with Gasteiger partial charge in [-0.1, -0.05) is 19.0 Å². The molecular weight excluding hydrogens is 190 g/mol. The van der Waals surface area contributed by atoms with Crippen molar-refractivity contribution in [2.45, 2.75) is 46.1 Å². The maximum Gasteiger partial charge on any atom is 0.213 e. The van der Waals surface area contributed by atoms with Gasteiger partial charge >= 0.3 is 0 Å². The zero-order valence-corrected chi connectivity index (χ0v) is 9.86. The van der Waals surface area contributed by atoms with E-state index in [9.17, 15) is 0 Å². The molecule has 0 aromatic carbocycles. The van der Waals surface area contributed by atoms with Crippen LogP contribution < -0.4 is 5.32 Å². The maximum atomic E-state index is 4.66. The summed E-state index contributed by atoms with van der Waals surface area (Å²) < 4.78 is 4.66. The van der Waals surface area contributed by atoms with Crippen molar-refractivity contribution in [3.8, 4) is 0 Å². The van der Waals surface area contributed by atoms with E-state index in [4.69, 9.17) is 0 Å². The third-order valence-electron chi connectivity index (χ3n) is 2.43. The number of hydrogen-bond donors (Lipinski definition) is 1. The molecule has 0 aliphatic heterocycles. The topological polar surface area (TPSA) is 51.0 Å². The van der Waals surface area contributed by atoms with Gasteiger partial charge in [-0.3, -0.25) is 0 Å². The standard InChI is InChI=1S/C11H21N3O/c1-9(2)4-5-10(3)12-7-6-11-13-8-15-14-11/h8-10,12H,4-7H2,1-3H3. The first-order valence-electron chi connectivity index (χ1n) is 5.67. The molecule has 1 unspecified atom stereocenters. The molecule has 0 saturated heterocycles. The van der Waals surface area contributed by atoms with Crippen LogP contribution in [0, 0.1) is 5.92 Å². The van der Waals surface area contributed by atoms with Crippen LogP contribution in [0.15, 0.2) is 10.9 Å². The van der Waals surface area contributed by atoms with Gasteiger partial charge in [0, 0.05) is 19.0 Å². The highest BCUT2D eigenvalue weighted by Crippen LogP contribution is 2.06.